The first kappa shape index (κ1) is 22.1. The number of rotatable bonds is 11. The molecule has 1 rings (SSSR count). The Morgan fingerprint density at radius 3 is 1.62 bits per heavy atom. The third kappa shape index (κ3) is 6.43. The van der Waals surface area contributed by atoms with Crippen molar-refractivity contribution in [2.45, 2.75) is 48.5 Å². The zero-order valence-corrected chi connectivity index (χ0v) is 17.4. The summed E-state index contributed by atoms with van der Waals surface area (Å²) in [5, 5.41) is 0. The van der Waals surface area contributed by atoms with Gasteiger partial charge in [-0.3, -0.25) is 4.79 Å². The molecule has 0 aliphatic heterocycles. The molecule has 5 nitrogen and oxygen atoms in total. The van der Waals surface area contributed by atoms with Crippen LogP contribution in [0.4, 0.5) is 0 Å². The van der Waals surface area contributed by atoms with Gasteiger partial charge in [0.25, 0.3) is 5.91 Å². The molecule has 0 atom stereocenters. The van der Waals surface area contributed by atoms with Crippen LogP contribution in [0.2, 0.25) is 0 Å². The first-order valence-electron chi connectivity index (χ1n) is 9.69. The first-order chi connectivity index (χ1) is 12.3. The van der Waals surface area contributed by atoms with E-state index >= 15 is 0 Å². The van der Waals surface area contributed by atoms with Gasteiger partial charge in [0.05, 0.1) is 19.8 Å². The standard InChI is InChI=1S/C21H35NO4/c1-8-24-18-11-17(12-19(25-9-2)20(18)26-10-3)21(23)22(13-15(4)5)14-16(6)7/h11-12,15-16H,8-10,13-14H2,1-7H3. The molecule has 0 fully saturated rings. The van der Waals surface area contributed by atoms with E-state index < -0.39 is 0 Å². The summed E-state index contributed by atoms with van der Waals surface area (Å²) in [6.07, 6.45) is 0. The highest BCUT2D eigenvalue weighted by atomic mass is 16.5. The molecule has 1 amide bonds. The maximum Gasteiger partial charge on any atom is 0.254 e. The van der Waals surface area contributed by atoms with E-state index in [1.807, 2.05) is 25.7 Å². The third-order valence-electron chi connectivity index (χ3n) is 3.61. The summed E-state index contributed by atoms with van der Waals surface area (Å²) in [6, 6.07) is 3.54. The van der Waals surface area contributed by atoms with E-state index in [1.54, 1.807) is 12.1 Å². The van der Waals surface area contributed by atoms with Crippen molar-refractivity contribution in [1.82, 2.24) is 4.90 Å². The Labute approximate surface area is 158 Å². The van der Waals surface area contributed by atoms with Crippen LogP contribution in [-0.2, 0) is 0 Å². The van der Waals surface area contributed by atoms with Gasteiger partial charge in [-0.05, 0) is 44.7 Å². The minimum Gasteiger partial charge on any atom is -0.490 e. The summed E-state index contributed by atoms with van der Waals surface area (Å²) in [4.78, 5) is 15.1. The second-order valence-corrected chi connectivity index (χ2v) is 7.10. The lowest BCUT2D eigenvalue weighted by Crippen LogP contribution is -2.37. The molecule has 0 unspecified atom stereocenters. The molecule has 0 N–H and O–H groups in total. The Hall–Kier alpha value is -1.91. The van der Waals surface area contributed by atoms with Gasteiger partial charge in [0.1, 0.15) is 0 Å². The molecule has 0 saturated carbocycles. The fraction of sp³-hybridized carbons (Fsp3) is 0.667. The van der Waals surface area contributed by atoms with Gasteiger partial charge in [-0.25, -0.2) is 0 Å². The van der Waals surface area contributed by atoms with Crippen LogP contribution in [0.3, 0.4) is 0 Å². The van der Waals surface area contributed by atoms with Crippen LogP contribution in [-0.4, -0.2) is 43.7 Å². The molecule has 1 aromatic rings. The second kappa shape index (κ2) is 10.9. The van der Waals surface area contributed by atoms with Gasteiger partial charge in [-0.1, -0.05) is 27.7 Å². The zero-order chi connectivity index (χ0) is 19.7. The van der Waals surface area contributed by atoms with E-state index in [9.17, 15) is 4.79 Å². The number of carbonyl (C=O) groups excluding carboxylic acids is 1. The van der Waals surface area contributed by atoms with Gasteiger partial charge in [0, 0.05) is 18.7 Å². The molecule has 0 aromatic heterocycles. The van der Waals surface area contributed by atoms with Crippen molar-refractivity contribution in [2.24, 2.45) is 11.8 Å². The Balaban J connectivity index is 3.32. The summed E-state index contributed by atoms with van der Waals surface area (Å²) >= 11 is 0. The highest BCUT2D eigenvalue weighted by Gasteiger charge is 2.23. The van der Waals surface area contributed by atoms with Gasteiger partial charge in [0.2, 0.25) is 5.75 Å². The van der Waals surface area contributed by atoms with Gasteiger partial charge in [-0.15, -0.1) is 0 Å². The highest BCUT2D eigenvalue weighted by molar-refractivity contribution is 5.95. The van der Waals surface area contributed by atoms with Gasteiger partial charge < -0.3 is 19.1 Å². The SMILES string of the molecule is CCOc1cc(C(=O)N(CC(C)C)CC(C)C)cc(OCC)c1OCC. The van der Waals surface area contributed by atoms with Gasteiger partial charge in [-0.2, -0.15) is 0 Å². The molecule has 148 valence electrons. The smallest absolute Gasteiger partial charge is 0.254 e. The molecule has 0 saturated heterocycles. The summed E-state index contributed by atoms with van der Waals surface area (Å²) < 4.78 is 17.2. The lowest BCUT2D eigenvalue weighted by molar-refractivity contribution is 0.0714. The normalized spacial score (nSPS) is 11.0. The minimum atomic E-state index is -0.00245. The Morgan fingerprint density at radius 1 is 0.846 bits per heavy atom. The molecule has 0 bridgehead atoms. The average Bonchev–Trinajstić information content (AvgIpc) is 2.55. The summed E-state index contributed by atoms with van der Waals surface area (Å²) in [7, 11) is 0. The lowest BCUT2D eigenvalue weighted by atomic mass is 10.1. The van der Waals surface area contributed by atoms with E-state index in [0.29, 0.717) is 54.5 Å². The zero-order valence-electron chi connectivity index (χ0n) is 17.4. The molecule has 0 aliphatic rings. The van der Waals surface area contributed by atoms with Crippen molar-refractivity contribution in [3.05, 3.63) is 17.7 Å². The molecule has 0 radical (unpaired) electrons. The topological polar surface area (TPSA) is 48.0 Å². The van der Waals surface area contributed by atoms with Crippen LogP contribution in [0.25, 0.3) is 0 Å². The molecular formula is C21H35NO4. The van der Waals surface area contributed by atoms with Crippen LogP contribution in [0.15, 0.2) is 12.1 Å². The lowest BCUT2D eigenvalue weighted by Gasteiger charge is -2.27. The number of ether oxygens (including phenoxy) is 3. The predicted molar refractivity (Wildman–Crippen MR) is 106 cm³/mol. The number of hydrogen-bond acceptors (Lipinski definition) is 4. The third-order valence-corrected chi connectivity index (χ3v) is 3.61. The van der Waals surface area contributed by atoms with E-state index in [0.717, 1.165) is 13.1 Å². The molecule has 1 aromatic carbocycles. The van der Waals surface area contributed by atoms with E-state index in [2.05, 4.69) is 27.7 Å². The van der Waals surface area contributed by atoms with Crippen LogP contribution in [0.1, 0.15) is 58.8 Å². The van der Waals surface area contributed by atoms with Gasteiger partial charge >= 0.3 is 0 Å². The molecule has 0 spiro atoms. The summed E-state index contributed by atoms with van der Waals surface area (Å²) in [6.45, 7) is 17.1. The Kier molecular flexibility index (Phi) is 9.31. The number of hydrogen-bond donors (Lipinski definition) is 0. The number of nitrogens with zero attached hydrogens (tertiary/aromatic N) is 1. The van der Waals surface area contributed by atoms with Crippen molar-refractivity contribution >= 4 is 5.91 Å². The fourth-order valence-electron chi connectivity index (χ4n) is 2.82. The van der Waals surface area contributed by atoms with Crippen LogP contribution in [0, 0.1) is 11.8 Å². The largest absolute Gasteiger partial charge is 0.490 e. The van der Waals surface area contributed by atoms with E-state index in [4.69, 9.17) is 14.2 Å². The number of carbonyl (C=O) groups is 1. The monoisotopic (exact) mass is 365 g/mol. The minimum absolute atomic E-state index is 0.00245. The van der Waals surface area contributed by atoms with Crippen molar-refractivity contribution in [3.8, 4) is 17.2 Å². The first-order valence-corrected chi connectivity index (χ1v) is 9.69. The predicted octanol–water partition coefficient (Wildman–Crippen LogP) is 4.64. The molecule has 5 heteroatoms. The Bertz CT molecular complexity index is 532. The second-order valence-electron chi connectivity index (χ2n) is 7.10. The van der Waals surface area contributed by atoms with Crippen LogP contribution < -0.4 is 14.2 Å². The molecule has 26 heavy (non-hydrogen) atoms. The number of amides is 1. The Morgan fingerprint density at radius 2 is 1.27 bits per heavy atom. The highest BCUT2D eigenvalue weighted by Crippen LogP contribution is 2.39. The van der Waals surface area contributed by atoms with Gasteiger partial charge in [0.15, 0.2) is 11.5 Å². The number of benzene rings is 1. The van der Waals surface area contributed by atoms with E-state index in [1.165, 1.54) is 0 Å². The summed E-state index contributed by atoms with van der Waals surface area (Å²) in [5.41, 5.74) is 0.571. The fourth-order valence-corrected chi connectivity index (χ4v) is 2.82. The molecule has 0 aliphatic carbocycles. The maximum atomic E-state index is 13.2. The molecule has 0 heterocycles. The molecular weight excluding hydrogens is 330 g/mol. The maximum absolute atomic E-state index is 13.2. The average molecular weight is 366 g/mol. The van der Waals surface area contributed by atoms with Crippen molar-refractivity contribution < 1.29 is 19.0 Å². The van der Waals surface area contributed by atoms with E-state index in [-0.39, 0.29) is 5.91 Å². The quantitative estimate of drug-likeness (QED) is 0.573. The van der Waals surface area contributed by atoms with Crippen LogP contribution in [0.5, 0.6) is 17.2 Å². The van der Waals surface area contributed by atoms with Crippen molar-refractivity contribution in [3.63, 3.8) is 0 Å². The van der Waals surface area contributed by atoms with Crippen LogP contribution >= 0.6 is 0 Å². The van der Waals surface area contributed by atoms with Crippen molar-refractivity contribution in [2.75, 3.05) is 32.9 Å². The van der Waals surface area contributed by atoms with Crippen molar-refractivity contribution in [1.29, 1.82) is 0 Å². The summed E-state index contributed by atoms with van der Waals surface area (Å²) in [5.74, 6) is 2.47.